The van der Waals surface area contributed by atoms with Crippen LogP contribution in [-0.2, 0) is 4.57 Å². The van der Waals surface area contributed by atoms with E-state index < -0.39 is 12.7 Å². The van der Waals surface area contributed by atoms with E-state index in [9.17, 15) is 9.36 Å². The Bertz CT molecular complexity index is 1100. The zero-order valence-electron chi connectivity index (χ0n) is 20.8. The molecule has 192 valence electrons. The quantitative estimate of drug-likeness (QED) is 0.151. The number of hydrogen-bond acceptors (Lipinski definition) is 4. The van der Waals surface area contributed by atoms with Crippen LogP contribution in [0.5, 0.6) is 11.5 Å². The normalized spacial score (nSPS) is 11.3. The van der Waals surface area contributed by atoms with E-state index >= 15 is 0 Å². The van der Waals surface area contributed by atoms with Crippen molar-refractivity contribution in [3.63, 3.8) is 0 Å². The number of ether oxygens (including phenoxy) is 2. The van der Waals surface area contributed by atoms with Gasteiger partial charge in [-0.05, 0) is 73.5 Å². The molecule has 0 saturated heterocycles. The fourth-order valence-electron chi connectivity index (χ4n) is 3.83. The van der Waals surface area contributed by atoms with Crippen LogP contribution in [0.1, 0.15) is 62.7 Å². The van der Waals surface area contributed by atoms with Crippen LogP contribution >= 0.6 is 30.3 Å². The molecule has 0 unspecified atom stereocenters. The molecule has 0 aromatic heterocycles. The van der Waals surface area contributed by atoms with Crippen LogP contribution in [0.25, 0.3) is 0 Å². The summed E-state index contributed by atoms with van der Waals surface area (Å²) in [4.78, 5) is 13.9. The summed E-state index contributed by atoms with van der Waals surface area (Å²) >= 11 is 12.7. The lowest BCUT2D eigenvalue weighted by Crippen LogP contribution is -2.23. The third kappa shape index (κ3) is 6.94. The lowest BCUT2D eigenvalue weighted by atomic mass is 10.2. The number of rotatable bonds is 14. The average Bonchev–Trinajstić information content (AvgIpc) is 2.89. The van der Waals surface area contributed by atoms with E-state index in [4.69, 9.17) is 32.7 Å². The van der Waals surface area contributed by atoms with Gasteiger partial charge in [0.25, 0.3) is 0 Å². The van der Waals surface area contributed by atoms with Crippen molar-refractivity contribution in [2.45, 2.75) is 52.4 Å². The molecular weight excluding hydrogens is 514 g/mol. The predicted molar refractivity (Wildman–Crippen MR) is 151 cm³/mol. The first-order chi connectivity index (χ1) is 17.4. The van der Waals surface area contributed by atoms with Crippen LogP contribution in [-0.4, -0.2) is 18.7 Å². The van der Waals surface area contributed by atoms with E-state index in [2.05, 4.69) is 13.8 Å². The molecule has 36 heavy (non-hydrogen) atoms. The van der Waals surface area contributed by atoms with E-state index in [1.54, 1.807) is 66.7 Å². The maximum atomic E-state index is 14.7. The van der Waals surface area contributed by atoms with E-state index in [1.165, 1.54) is 0 Å². The van der Waals surface area contributed by atoms with Gasteiger partial charge in [0.15, 0.2) is 0 Å². The molecule has 0 N–H and O–H groups in total. The molecule has 3 aromatic carbocycles. The molecule has 3 rings (SSSR count). The molecule has 0 saturated carbocycles. The minimum atomic E-state index is -3.82. The molecule has 0 radical (unpaired) electrons. The van der Waals surface area contributed by atoms with Crippen molar-refractivity contribution in [3.05, 3.63) is 82.3 Å². The van der Waals surface area contributed by atoms with Crippen molar-refractivity contribution in [2.24, 2.45) is 0 Å². The van der Waals surface area contributed by atoms with Crippen molar-refractivity contribution < 1.29 is 18.8 Å². The summed E-state index contributed by atoms with van der Waals surface area (Å²) in [6.07, 6.45) is 6.35. The number of benzene rings is 3. The molecule has 0 amide bonds. The molecule has 0 spiro atoms. The second kappa shape index (κ2) is 13.9. The van der Waals surface area contributed by atoms with E-state index in [1.807, 2.05) is 0 Å². The molecule has 0 aliphatic rings. The summed E-state index contributed by atoms with van der Waals surface area (Å²) in [7, 11) is -3.82. The first kappa shape index (κ1) is 28.3. The maximum absolute atomic E-state index is 14.7. The SMILES string of the molecule is CCCCCOc1ccc(P(=O)(C(=O)c2c(Cl)cccc2Cl)c2ccc(OCCCCC)cc2)cc1. The van der Waals surface area contributed by atoms with E-state index in [0.717, 1.165) is 38.5 Å². The fourth-order valence-corrected chi connectivity index (χ4v) is 6.99. The van der Waals surface area contributed by atoms with Crippen molar-refractivity contribution in [2.75, 3.05) is 13.2 Å². The van der Waals surface area contributed by atoms with Gasteiger partial charge in [-0.25, -0.2) is 0 Å². The number of carbonyl (C=O) groups is 1. The van der Waals surface area contributed by atoms with Crippen LogP contribution in [0.15, 0.2) is 66.7 Å². The summed E-state index contributed by atoms with van der Waals surface area (Å²) in [5.74, 6) is 1.33. The molecule has 4 nitrogen and oxygen atoms in total. The van der Waals surface area contributed by atoms with Gasteiger partial charge in [-0.1, -0.05) is 68.8 Å². The van der Waals surface area contributed by atoms with Gasteiger partial charge in [0.05, 0.1) is 28.8 Å². The molecule has 0 aliphatic heterocycles. The first-order valence-electron chi connectivity index (χ1n) is 12.5. The highest BCUT2D eigenvalue weighted by molar-refractivity contribution is 7.93. The Morgan fingerprint density at radius 1 is 0.694 bits per heavy atom. The summed E-state index contributed by atoms with van der Waals surface area (Å²) in [6.45, 7) is 5.50. The maximum Gasteiger partial charge on any atom is 0.233 e. The second-order valence-corrected chi connectivity index (χ2v) is 12.1. The Morgan fingerprint density at radius 2 is 1.11 bits per heavy atom. The first-order valence-corrected chi connectivity index (χ1v) is 14.9. The minimum Gasteiger partial charge on any atom is -0.494 e. The molecule has 0 aliphatic carbocycles. The Labute approximate surface area is 224 Å². The largest absolute Gasteiger partial charge is 0.494 e. The highest BCUT2D eigenvalue weighted by atomic mass is 35.5. The molecule has 7 heteroatoms. The van der Waals surface area contributed by atoms with Crippen molar-refractivity contribution in [1.82, 2.24) is 0 Å². The smallest absolute Gasteiger partial charge is 0.233 e. The third-order valence-electron chi connectivity index (χ3n) is 5.90. The van der Waals surface area contributed by atoms with Crippen molar-refractivity contribution >= 4 is 46.5 Å². The molecule has 0 heterocycles. The predicted octanol–water partition coefficient (Wildman–Crippen LogP) is 8.29. The van der Waals surface area contributed by atoms with Crippen LogP contribution in [0, 0.1) is 0 Å². The van der Waals surface area contributed by atoms with Crippen molar-refractivity contribution in [1.29, 1.82) is 0 Å². The average molecular weight is 547 g/mol. The number of carbonyl (C=O) groups excluding carboxylic acids is 1. The zero-order valence-corrected chi connectivity index (χ0v) is 23.3. The topological polar surface area (TPSA) is 52.6 Å². The fraction of sp³-hybridized carbons (Fsp3) is 0.345. The molecule has 0 atom stereocenters. The van der Waals surface area contributed by atoms with Gasteiger partial charge in [0.2, 0.25) is 12.7 Å². The molecule has 3 aromatic rings. The summed E-state index contributed by atoms with van der Waals surface area (Å²) in [5, 5.41) is 1.11. The van der Waals surface area contributed by atoms with Crippen LogP contribution in [0.2, 0.25) is 10.0 Å². The third-order valence-corrected chi connectivity index (χ3v) is 9.37. The zero-order chi connectivity index (χ0) is 26.0. The Hall–Kier alpha value is -2.26. The number of halogens is 2. The minimum absolute atomic E-state index is 0.0592. The van der Waals surface area contributed by atoms with Gasteiger partial charge in [-0.3, -0.25) is 4.79 Å². The van der Waals surface area contributed by atoms with Gasteiger partial charge < -0.3 is 14.0 Å². The van der Waals surface area contributed by atoms with Gasteiger partial charge in [-0.2, -0.15) is 0 Å². The Morgan fingerprint density at radius 3 is 1.50 bits per heavy atom. The van der Waals surface area contributed by atoms with Crippen LogP contribution in [0.3, 0.4) is 0 Å². The highest BCUT2D eigenvalue weighted by Gasteiger charge is 2.38. The molecular formula is C29H33Cl2O4P. The summed E-state index contributed by atoms with van der Waals surface area (Å²) in [6, 6.07) is 18.6. The van der Waals surface area contributed by atoms with Crippen LogP contribution < -0.4 is 20.1 Å². The van der Waals surface area contributed by atoms with Gasteiger partial charge >= 0.3 is 0 Å². The van der Waals surface area contributed by atoms with E-state index in [-0.39, 0.29) is 15.6 Å². The Kier molecular flexibility index (Phi) is 10.9. The van der Waals surface area contributed by atoms with Crippen molar-refractivity contribution in [3.8, 4) is 11.5 Å². The van der Waals surface area contributed by atoms with Crippen LogP contribution in [0.4, 0.5) is 0 Å². The standard InChI is InChI=1S/C29H33Cl2O4P/c1-3-5-7-20-34-22-12-16-24(17-13-22)36(33,29(32)28-26(30)10-9-11-27(28)31)25-18-14-23(15-19-25)35-21-8-6-4-2/h9-19H,3-8,20-21H2,1-2H3. The molecule has 0 fully saturated rings. The highest BCUT2D eigenvalue weighted by Crippen LogP contribution is 2.49. The van der Waals surface area contributed by atoms with E-state index in [0.29, 0.717) is 35.3 Å². The second-order valence-electron chi connectivity index (χ2n) is 8.61. The molecule has 0 bridgehead atoms. The van der Waals surface area contributed by atoms with Gasteiger partial charge in [-0.15, -0.1) is 0 Å². The lowest BCUT2D eigenvalue weighted by Gasteiger charge is -2.20. The van der Waals surface area contributed by atoms with Gasteiger partial charge in [0, 0.05) is 10.6 Å². The summed E-state index contributed by atoms with van der Waals surface area (Å²) < 4.78 is 26.3. The number of hydrogen-bond donors (Lipinski definition) is 0. The van der Waals surface area contributed by atoms with Gasteiger partial charge in [0.1, 0.15) is 11.5 Å². The lowest BCUT2D eigenvalue weighted by molar-refractivity contribution is 0.107. The number of unbranched alkanes of at least 4 members (excludes halogenated alkanes) is 4. The Balaban J connectivity index is 1.96. The monoisotopic (exact) mass is 546 g/mol. The summed E-state index contributed by atoms with van der Waals surface area (Å²) in [5.41, 5.74) is -0.546.